The van der Waals surface area contributed by atoms with E-state index in [1.165, 1.54) is 27.2 Å². The topological polar surface area (TPSA) is 43.6 Å². The highest BCUT2D eigenvalue weighted by Gasteiger charge is 2.18. The van der Waals surface area contributed by atoms with Crippen LogP contribution in [0.25, 0.3) is 105 Å². The zero-order valence-corrected chi connectivity index (χ0v) is 30.9. The van der Waals surface area contributed by atoms with Crippen molar-refractivity contribution in [3.8, 4) is 62.0 Å². The summed E-state index contributed by atoms with van der Waals surface area (Å²) in [6.45, 7) is 0. The molecule has 0 spiro atoms. The van der Waals surface area contributed by atoms with E-state index in [0.717, 1.165) is 72.4 Å². The fraction of sp³-hybridized carbons (Fsp3) is 0. The first kappa shape index (κ1) is 32.7. The molecule has 4 nitrogen and oxygen atoms in total. The van der Waals surface area contributed by atoms with Gasteiger partial charge in [0.2, 0.25) is 0 Å². The van der Waals surface area contributed by atoms with Crippen molar-refractivity contribution in [2.75, 3.05) is 0 Å². The van der Waals surface area contributed by atoms with Crippen molar-refractivity contribution < 1.29 is 0 Å². The van der Waals surface area contributed by atoms with Gasteiger partial charge in [-0.15, -0.1) is 0 Å². The van der Waals surface area contributed by atoms with E-state index in [-0.39, 0.29) is 0 Å². The molecule has 0 N–H and O–H groups in total. The average Bonchev–Trinajstić information content (AvgIpc) is 3.62. The van der Waals surface area contributed by atoms with Gasteiger partial charge in [0, 0.05) is 49.5 Å². The van der Waals surface area contributed by atoms with Crippen molar-refractivity contribution in [2.24, 2.45) is 0 Å². The lowest BCUT2D eigenvalue weighted by Crippen LogP contribution is -1.96. The summed E-state index contributed by atoms with van der Waals surface area (Å²) >= 11 is 0. The number of hydrogen-bond acceptors (Lipinski definition) is 3. The molecule has 0 fully saturated rings. The van der Waals surface area contributed by atoms with E-state index >= 15 is 0 Å². The molecule has 0 aliphatic heterocycles. The number of pyridine rings is 1. The molecule has 0 saturated heterocycles. The Morgan fingerprint density at radius 1 is 0.298 bits per heavy atom. The minimum atomic E-state index is 0.686. The third kappa shape index (κ3) is 5.74. The molecule has 0 atom stereocenters. The van der Waals surface area contributed by atoms with Gasteiger partial charge < -0.3 is 4.57 Å². The molecule has 4 heteroatoms. The first-order valence-electron chi connectivity index (χ1n) is 19.3. The number of fused-ring (bicyclic) bond motifs is 6. The summed E-state index contributed by atoms with van der Waals surface area (Å²) in [5.41, 5.74) is 13.5. The maximum atomic E-state index is 5.45. The van der Waals surface area contributed by atoms with Gasteiger partial charge in [0.25, 0.3) is 0 Å². The Balaban J connectivity index is 1.10. The van der Waals surface area contributed by atoms with Gasteiger partial charge in [-0.05, 0) is 65.0 Å². The van der Waals surface area contributed by atoms with Gasteiger partial charge >= 0.3 is 0 Å². The number of benzene rings is 8. The second-order valence-electron chi connectivity index (χ2n) is 14.4. The second-order valence-corrected chi connectivity index (χ2v) is 14.4. The molecule has 11 rings (SSSR count). The molecule has 0 amide bonds. The highest BCUT2D eigenvalue weighted by molar-refractivity contribution is 6.20. The lowest BCUT2D eigenvalue weighted by atomic mass is 9.95. The number of nitrogens with zero attached hydrogens (tertiary/aromatic N) is 4. The SMILES string of the molecule is c1ccc(-c2cc(-c3ccccc3)nc(-c3cccc(-c4ccc5c(c4)nc(-c4ccccc4)c4cc6c7ccccc7n(-c7ccccc7)c6cc45)c3)n2)cc1. The van der Waals surface area contributed by atoms with E-state index < -0.39 is 0 Å². The Labute approximate surface area is 330 Å². The van der Waals surface area contributed by atoms with Crippen molar-refractivity contribution in [1.82, 2.24) is 19.5 Å². The van der Waals surface area contributed by atoms with Crippen molar-refractivity contribution in [2.45, 2.75) is 0 Å². The smallest absolute Gasteiger partial charge is 0.160 e. The van der Waals surface area contributed by atoms with Crippen LogP contribution in [0.1, 0.15) is 0 Å². The Morgan fingerprint density at radius 2 is 0.877 bits per heavy atom. The fourth-order valence-corrected chi connectivity index (χ4v) is 8.25. The molecule has 0 aliphatic rings. The van der Waals surface area contributed by atoms with Gasteiger partial charge in [-0.3, -0.25) is 0 Å². The van der Waals surface area contributed by atoms with Gasteiger partial charge in [0.05, 0.1) is 33.6 Å². The molecule has 0 saturated carbocycles. The van der Waals surface area contributed by atoms with Crippen LogP contribution in [0.4, 0.5) is 0 Å². The Morgan fingerprint density at radius 3 is 1.58 bits per heavy atom. The van der Waals surface area contributed by atoms with Gasteiger partial charge in [0.15, 0.2) is 5.82 Å². The Kier molecular flexibility index (Phi) is 7.78. The predicted molar refractivity (Wildman–Crippen MR) is 236 cm³/mol. The van der Waals surface area contributed by atoms with Crippen LogP contribution in [-0.2, 0) is 0 Å². The van der Waals surface area contributed by atoms with E-state index in [2.05, 4.69) is 174 Å². The van der Waals surface area contributed by atoms with E-state index in [0.29, 0.717) is 5.82 Å². The van der Waals surface area contributed by atoms with Crippen LogP contribution in [-0.4, -0.2) is 19.5 Å². The maximum Gasteiger partial charge on any atom is 0.160 e. The van der Waals surface area contributed by atoms with Crippen LogP contribution in [0, 0.1) is 0 Å². The van der Waals surface area contributed by atoms with Crippen LogP contribution < -0.4 is 0 Å². The van der Waals surface area contributed by atoms with Crippen molar-refractivity contribution in [3.63, 3.8) is 0 Å². The molecule has 266 valence electrons. The lowest BCUT2D eigenvalue weighted by molar-refractivity contribution is 1.18. The first-order chi connectivity index (χ1) is 28.2. The van der Waals surface area contributed by atoms with Crippen molar-refractivity contribution >= 4 is 43.5 Å². The highest BCUT2D eigenvalue weighted by Crippen LogP contribution is 2.41. The van der Waals surface area contributed by atoms with Gasteiger partial charge in [-0.2, -0.15) is 0 Å². The minimum absolute atomic E-state index is 0.686. The van der Waals surface area contributed by atoms with Gasteiger partial charge in [-0.25, -0.2) is 15.0 Å². The molecule has 0 bridgehead atoms. The van der Waals surface area contributed by atoms with Crippen LogP contribution in [0.5, 0.6) is 0 Å². The van der Waals surface area contributed by atoms with Crippen molar-refractivity contribution in [1.29, 1.82) is 0 Å². The molecule has 8 aromatic carbocycles. The molecule has 11 aromatic rings. The second kappa shape index (κ2) is 13.6. The Bertz CT molecular complexity index is 3210. The maximum absolute atomic E-state index is 5.45. The summed E-state index contributed by atoms with van der Waals surface area (Å²) in [5.74, 6) is 0.686. The number of rotatable bonds is 6. The predicted octanol–water partition coefficient (Wildman–Crippen LogP) is 13.6. The summed E-state index contributed by atoms with van der Waals surface area (Å²) in [4.78, 5) is 15.7. The van der Waals surface area contributed by atoms with E-state index in [1.807, 2.05) is 36.4 Å². The number of aromatic nitrogens is 4. The Hall–Kier alpha value is -7.69. The van der Waals surface area contributed by atoms with Gasteiger partial charge in [0.1, 0.15) is 0 Å². The molecule has 3 heterocycles. The fourth-order valence-electron chi connectivity index (χ4n) is 8.25. The molecule has 0 aliphatic carbocycles. The summed E-state index contributed by atoms with van der Waals surface area (Å²) in [7, 11) is 0. The number of hydrogen-bond donors (Lipinski definition) is 0. The molecular formula is C53H34N4. The van der Waals surface area contributed by atoms with E-state index in [1.54, 1.807) is 0 Å². The van der Waals surface area contributed by atoms with E-state index in [9.17, 15) is 0 Å². The van der Waals surface area contributed by atoms with Crippen LogP contribution in [0.3, 0.4) is 0 Å². The zero-order valence-electron chi connectivity index (χ0n) is 30.9. The van der Waals surface area contributed by atoms with Crippen molar-refractivity contribution in [3.05, 3.63) is 206 Å². The summed E-state index contributed by atoms with van der Waals surface area (Å²) in [6.07, 6.45) is 0. The first-order valence-corrected chi connectivity index (χ1v) is 19.3. The normalized spacial score (nSPS) is 11.5. The summed E-state index contributed by atoms with van der Waals surface area (Å²) in [5, 5.41) is 5.86. The largest absolute Gasteiger partial charge is 0.309 e. The standard InChI is InChI=1S/C53H34N4/c1-5-16-35(17-6-1)47-34-48(36-18-7-2-8-19-36)56-53(55-47)40-23-15-22-38(30-40)39-28-29-42-44-33-51-45(32-46(44)52(54-49(42)31-39)37-20-9-3-10-21-37)43-26-13-14-27-50(43)57(51)41-24-11-4-12-25-41/h1-34H. The quantitative estimate of drug-likeness (QED) is 0.160. The third-order valence-electron chi connectivity index (χ3n) is 11.0. The van der Waals surface area contributed by atoms with Crippen LogP contribution in [0.2, 0.25) is 0 Å². The molecular weight excluding hydrogens is 693 g/mol. The summed E-state index contributed by atoms with van der Waals surface area (Å²) < 4.78 is 2.39. The molecule has 0 unspecified atom stereocenters. The zero-order chi connectivity index (χ0) is 37.7. The number of para-hydroxylation sites is 2. The minimum Gasteiger partial charge on any atom is -0.309 e. The summed E-state index contributed by atoms with van der Waals surface area (Å²) in [6, 6.07) is 72.6. The molecule has 0 radical (unpaired) electrons. The third-order valence-corrected chi connectivity index (χ3v) is 11.0. The van der Waals surface area contributed by atoms with Gasteiger partial charge in [-0.1, -0.05) is 158 Å². The molecule has 57 heavy (non-hydrogen) atoms. The average molecular weight is 727 g/mol. The highest BCUT2D eigenvalue weighted by atomic mass is 15.0. The lowest BCUT2D eigenvalue weighted by Gasteiger charge is -2.14. The monoisotopic (exact) mass is 726 g/mol. The van der Waals surface area contributed by atoms with E-state index in [4.69, 9.17) is 15.0 Å². The molecule has 3 aromatic heterocycles. The van der Waals surface area contributed by atoms with Crippen LogP contribution in [0.15, 0.2) is 206 Å². The van der Waals surface area contributed by atoms with Crippen LogP contribution >= 0.6 is 0 Å².